The number of ether oxygens (including phenoxy) is 1. The molecule has 1 aliphatic rings. The molecule has 24 heavy (non-hydrogen) atoms. The Morgan fingerprint density at radius 2 is 1.88 bits per heavy atom. The first-order chi connectivity index (χ1) is 11.7. The van der Waals surface area contributed by atoms with Gasteiger partial charge in [0.05, 0.1) is 7.11 Å². The van der Waals surface area contributed by atoms with Crippen LogP contribution in [0.4, 0.5) is 5.82 Å². The quantitative estimate of drug-likeness (QED) is 0.844. The van der Waals surface area contributed by atoms with Crippen LogP contribution >= 0.6 is 0 Å². The highest BCUT2D eigenvalue weighted by Gasteiger charge is 2.18. The minimum absolute atomic E-state index is 0.865. The van der Waals surface area contributed by atoms with Gasteiger partial charge in [0.2, 0.25) is 0 Å². The van der Waals surface area contributed by atoms with Crippen LogP contribution in [0.5, 0.6) is 5.75 Å². The van der Waals surface area contributed by atoms with Gasteiger partial charge in [0.1, 0.15) is 11.6 Å². The molecular weight excluding hydrogens is 298 g/mol. The van der Waals surface area contributed by atoms with Crippen molar-refractivity contribution in [1.29, 1.82) is 0 Å². The zero-order valence-electron chi connectivity index (χ0n) is 14.5. The van der Waals surface area contributed by atoms with Gasteiger partial charge in [-0.1, -0.05) is 42.0 Å². The van der Waals surface area contributed by atoms with Crippen molar-refractivity contribution in [3.63, 3.8) is 0 Å². The van der Waals surface area contributed by atoms with Crippen molar-refractivity contribution in [2.75, 3.05) is 44.7 Å². The van der Waals surface area contributed by atoms with Crippen molar-refractivity contribution in [2.45, 2.75) is 6.92 Å². The second-order valence-electron chi connectivity index (χ2n) is 6.22. The molecule has 0 bridgehead atoms. The van der Waals surface area contributed by atoms with Gasteiger partial charge in [-0.15, -0.1) is 0 Å². The van der Waals surface area contributed by atoms with Crippen molar-refractivity contribution in [3.8, 4) is 5.75 Å². The van der Waals surface area contributed by atoms with E-state index in [-0.39, 0.29) is 0 Å². The van der Waals surface area contributed by atoms with Gasteiger partial charge in [0.15, 0.2) is 0 Å². The molecule has 1 saturated heterocycles. The zero-order chi connectivity index (χ0) is 16.8. The lowest BCUT2D eigenvalue weighted by molar-refractivity contribution is 0.278. The highest BCUT2D eigenvalue weighted by Crippen LogP contribution is 2.19. The van der Waals surface area contributed by atoms with Gasteiger partial charge in [-0.3, -0.25) is 4.90 Å². The molecule has 0 amide bonds. The summed E-state index contributed by atoms with van der Waals surface area (Å²) in [5.41, 5.74) is 2.67. The van der Waals surface area contributed by atoms with Crippen molar-refractivity contribution in [2.24, 2.45) is 0 Å². The molecule has 0 unspecified atom stereocenters. The van der Waals surface area contributed by atoms with Crippen molar-refractivity contribution >= 4 is 11.9 Å². The fraction of sp³-hybridized carbons (Fsp3) is 0.350. The largest absolute Gasteiger partial charge is 0.497 e. The fourth-order valence-electron chi connectivity index (χ4n) is 3.07. The maximum Gasteiger partial charge on any atom is 0.132 e. The third kappa shape index (κ3) is 4.36. The van der Waals surface area contributed by atoms with E-state index >= 15 is 0 Å². The summed E-state index contributed by atoms with van der Waals surface area (Å²) in [6.07, 6.45) is 4.09. The number of piperazine rings is 1. The van der Waals surface area contributed by atoms with Crippen LogP contribution in [0, 0.1) is 0 Å². The molecule has 0 N–H and O–H groups in total. The Morgan fingerprint density at radius 3 is 2.58 bits per heavy atom. The minimum Gasteiger partial charge on any atom is -0.497 e. The van der Waals surface area contributed by atoms with Crippen LogP contribution in [-0.4, -0.2) is 49.7 Å². The van der Waals surface area contributed by atoms with Gasteiger partial charge in [-0.2, -0.15) is 0 Å². The standard InChI is InChI=1S/C20H25N3O/c1-17(14-18-6-4-3-5-7-18)16-22-10-12-23(13-11-22)20-15-19(24-2)8-9-21-20/h3-9,14-15H,10-13,16H2,1-2H3/b17-14+. The second-order valence-corrected chi connectivity index (χ2v) is 6.22. The molecule has 0 aliphatic carbocycles. The predicted molar refractivity (Wildman–Crippen MR) is 99.5 cm³/mol. The van der Waals surface area contributed by atoms with Gasteiger partial charge in [-0.05, 0) is 18.6 Å². The molecule has 1 fully saturated rings. The van der Waals surface area contributed by atoms with Crippen molar-refractivity contribution in [3.05, 3.63) is 59.8 Å². The normalized spacial score (nSPS) is 16.2. The van der Waals surface area contributed by atoms with E-state index in [9.17, 15) is 0 Å². The third-order valence-corrected chi connectivity index (χ3v) is 4.33. The minimum atomic E-state index is 0.865. The Bertz CT molecular complexity index is 676. The SMILES string of the molecule is COc1ccnc(N2CCN(C/C(C)=C/c3ccccc3)CC2)c1. The molecule has 1 aromatic heterocycles. The second kappa shape index (κ2) is 7.97. The number of benzene rings is 1. The molecule has 4 heteroatoms. The number of hydrogen-bond acceptors (Lipinski definition) is 4. The van der Waals surface area contributed by atoms with E-state index in [1.165, 1.54) is 11.1 Å². The van der Waals surface area contributed by atoms with Gasteiger partial charge >= 0.3 is 0 Å². The summed E-state index contributed by atoms with van der Waals surface area (Å²) in [5.74, 6) is 1.87. The maximum absolute atomic E-state index is 5.29. The lowest BCUT2D eigenvalue weighted by atomic mass is 10.1. The van der Waals surface area contributed by atoms with Gasteiger partial charge in [0.25, 0.3) is 0 Å². The van der Waals surface area contributed by atoms with Gasteiger partial charge in [-0.25, -0.2) is 4.98 Å². The number of nitrogens with zero attached hydrogens (tertiary/aromatic N) is 3. The lowest BCUT2D eigenvalue weighted by Gasteiger charge is -2.35. The summed E-state index contributed by atoms with van der Waals surface area (Å²) in [6, 6.07) is 14.4. The highest BCUT2D eigenvalue weighted by atomic mass is 16.5. The first kappa shape index (κ1) is 16.5. The Balaban J connectivity index is 1.54. The van der Waals surface area contributed by atoms with E-state index in [1.807, 2.05) is 18.3 Å². The van der Waals surface area contributed by atoms with Crippen LogP contribution in [-0.2, 0) is 0 Å². The van der Waals surface area contributed by atoms with Crippen molar-refractivity contribution < 1.29 is 4.74 Å². The van der Waals surface area contributed by atoms with E-state index in [0.29, 0.717) is 0 Å². The Kier molecular flexibility index (Phi) is 5.49. The Labute approximate surface area is 144 Å². The molecule has 2 heterocycles. The van der Waals surface area contributed by atoms with E-state index in [0.717, 1.165) is 44.3 Å². The number of hydrogen-bond donors (Lipinski definition) is 0. The summed E-state index contributed by atoms with van der Waals surface area (Å²) < 4.78 is 5.29. The molecular formula is C20H25N3O. The maximum atomic E-state index is 5.29. The molecule has 0 spiro atoms. The van der Waals surface area contributed by atoms with Crippen LogP contribution in [0.3, 0.4) is 0 Å². The monoisotopic (exact) mass is 323 g/mol. The van der Waals surface area contributed by atoms with Crippen LogP contribution in [0.1, 0.15) is 12.5 Å². The summed E-state index contributed by atoms with van der Waals surface area (Å²) >= 11 is 0. The summed E-state index contributed by atoms with van der Waals surface area (Å²) in [5, 5.41) is 0. The highest BCUT2D eigenvalue weighted by molar-refractivity contribution is 5.52. The summed E-state index contributed by atoms with van der Waals surface area (Å²) in [7, 11) is 1.69. The first-order valence-electron chi connectivity index (χ1n) is 8.44. The summed E-state index contributed by atoms with van der Waals surface area (Å²) in [4.78, 5) is 9.30. The first-order valence-corrected chi connectivity index (χ1v) is 8.44. The average molecular weight is 323 g/mol. The molecule has 126 valence electrons. The van der Waals surface area contributed by atoms with Crippen LogP contribution in [0.2, 0.25) is 0 Å². The van der Waals surface area contributed by atoms with Gasteiger partial charge in [0, 0.05) is 45.0 Å². The topological polar surface area (TPSA) is 28.6 Å². The van der Waals surface area contributed by atoms with E-state index < -0.39 is 0 Å². The fourth-order valence-corrected chi connectivity index (χ4v) is 3.07. The third-order valence-electron chi connectivity index (χ3n) is 4.33. The summed E-state index contributed by atoms with van der Waals surface area (Å²) in [6.45, 7) is 7.34. The van der Waals surface area contributed by atoms with Crippen LogP contribution < -0.4 is 9.64 Å². The van der Waals surface area contributed by atoms with E-state index in [1.54, 1.807) is 7.11 Å². The van der Waals surface area contributed by atoms with Crippen LogP contribution in [0.25, 0.3) is 6.08 Å². The number of pyridine rings is 1. The van der Waals surface area contributed by atoms with Gasteiger partial charge < -0.3 is 9.64 Å². The van der Waals surface area contributed by atoms with E-state index in [4.69, 9.17) is 4.74 Å². The molecule has 1 aliphatic heterocycles. The predicted octanol–water partition coefficient (Wildman–Crippen LogP) is 3.32. The molecule has 3 rings (SSSR count). The molecule has 0 radical (unpaired) electrons. The number of rotatable bonds is 5. The lowest BCUT2D eigenvalue weighted by Crippen LogP contribution is -2.47. The molecule has 0 saturated carbocycles. The van der Waals surface area contributed by atoms with E-state index in [2.05, 4.69) is 58.1 Å². The molecule has 2 aromatic rings. The zero-order valence-corrected chi connectivity index (χ0v) is 14.5. The molecule has 0 atom stereocenters. The molecule has 4 nitrogen and oxygen atoms in total. The molecule has 1 aromatic carbocycles. The Hall–Kier alpha value is -2.33. The number of anilines is 1. The number of aromatic nitrogens is 1. The number of methoxy groups -OCH3 is 1. The average Bonchev–Trinajstić information content (AvgIpc) is 2.63. The van der Waals surface area contributed by atoms with Crippen molar-refractivity contribution in [1.82, 2.24) is 9.88 Å². The Morgan fingerprint density at radius 1 is 1.12 bits per heavy atom. The van der Waals surface area contributed by atoms with Crippen LogP contribution in [0.15, 0.2) is 54.2 Å². The smallest absolute Gasteiger partial charge is 0.132 e.